The minimum atomic E-state index is 0.350. The minimum Gasteiger partial charge on any atom is -0.369 e. The van der Waals surface area contributed by atoms with Gasteiger partial charge in [0.05, 0.1) is 10.2 Å². The van der Waals surface area contributed by atoms with Crippen molar-refractivity contribution in [2.75, 3.05) is 11.9 Å². The van der Waals surface area contributed by atoms with E-state index in [4.69, 9.17) is 0 Å². The molecule has 0 atom stereocenters. The first-order chi connectivity index (χ1) is 7.97. The zero-order chi connectivity index (χ0) is 13.0. The molecule has 0 spiro atoms. The van der Waals surface area contributed by atoms with Crippen LogP contribution in [0.1, 0.15) is 64.4 Å². The number of anilines is 1. The summed E-state index contributed by atoms with van der Waals surface area (Å²) in [7, 11) is 0. The van der Waals surface area contributed by atoms with Crippen LogP contribution in [0.2, 0.25) is 0 Å². The van der Waals surface area contributed by atoms with Crippen molar-refractivity contribution in [1.29, 1.82) is 0 Å². The summed E-state index contributed by atoms with van der Waals surface area (Å²) < 4.78 is 1.00. The molecule has 1 aromatic heterocycles. The van der Waals surface area contributed by atoms with Gasteiger partial charge in [0.1, 0.15) is 11.6 Å². The Hall–Kier alpha value is -0.640. The number of nitrogens with zero attached hydrogens (tertiary/aromatic N) is 2. The molecule has 0 aliphatic carbocycles. The van der Waals surface area contributed by atoms with Crippen molar-refractivity contribution in [2.24, 2.45) is 0 Å². The Kier molecular flexibility index (Phi) is 5.37. The molecular weight excluding hydrogens is 278 g/mol. The molecule has 17 heavy (non-hydrogen) atoms. The highest BCUT2D eigenvalue weighted by molar-refractivity contribution is 9.10. The Morgan fingerprint density at radius 1 is 1.12 bits per heavy atom. The summed E-state index contributed by atoms with van der Waals surface area (Å²) in [5.74, 6) is 2.58. The quantitative estimate of drug-likeness (QED) is 0.880. The third kappa shape index (κ3) is 3.66. The zero-order valence-electron chi connectivity index (χ0n) is 11.3. The van der Waals surface area contributed by atoms with Gasteiger partial charge in [0.25, 0.3) is 0 Å². The fourth-order valence-electron chi connectivity index (χ4n) is 1.48. The van der Waals surface area contributed by atoms with E-state index in [1.165, 1.54) is 0 Å². The topological polar surface area (TPSA) is 37.8 Å². The standard InChI is InChI=1S/C13H22BrN3/c1-6-7-15-13-10(14)11(8(2)3)16-12(17-13)9(4)5/h8-9H,6-7H2,1-5H3,(H,15,16,17). The smallest absolute Gasteiger partial charge is 0.144 e. The van der Waals surface area contributed by atoms with Gasteiger partial charge < -0.3 is 5.32 Å². The molecule has 0 saturated heterocycles. The Labute approximate surface area is 113 Å². The molecule has 3 nitrogen and oxygen atoms in total. The van der Waals surface area contributed by atoms with Gasteiger partial charge in [0.15, 0.2) is 0 Å². The van der Waals surface area contributed by atoms with E-state index in [1.807, 2.05) is 0 Å². The lowest BCUT2D eigenvalue weighted by atomic mass is 10.1. The van der Waals surface area contributed by atoms with Crippen LogP contribution in [0.15, 0.2) is 4.47 Å². The van der Waals surface area contributed by atoms with Crippen LogP contribution in [0.25, 0.3) is 0 Å². The van der Waals surface area contributed by atoms with E-state index in [2.05, 4.69) is 65.8 Å². The predicted molar refractivity (Wildman–Crippen MR) is 76.7 cm³/mol. The van der Waals surface area contributed by atoms with Crippen LogP contribution in [-0.4, -0.2) is 16.5 Å². The first kappa shape index (κ1) is 14.4. The molecule has 4 heteroatoms. The van der Waals surface area contributed by atoms with Gasteiger partial charge in [-0.25, -0.2) is 9.97 Å². The van der Waals surface area contributed by atoms with Crippen LogP contribution < -0.4 is 5.32 Å². The summed E-state index contributed by atoms with van der Waals surface area (Å²) in [6.45, 7) is 11.6. The first-order valence-electron chi connectivity index (χ1n) is 6.28. The lowest BCUT2D eigenvalue weighted by Crippen LogP contribution is -2.10. The van der Waals surface area contributed by atoms with Crippen LogP contribution in [0.3, 0.4) is 0 Å². The molecule has 0 aliphatic rings. The van der Waals surface area contributed by atoms with Gasteiger partial charge in [-0.1, -0.05) is 34.6 Å². The van der Waals surface area contributed by atoms with Crippen molar-refractivity contribution in [1.82, 2.24) is 9.97 Å². The Balaban J connectivity index is 3.18. The van der Waals surface area contributed by atoms with Crippen molar-refractivity contribution in [3.63, 3.8) is 0 Å². The van der Waals surface area contributed by atoms with Gasteiger partial charge in [-0.15, -0.1) is 0 Å². The molecule has 1 rings (SSSR count). The second kappa shape index (κ2) is 6.34. The predicted octanol–water partition coefficient (Wildman–Crippen LogP) is 4.31. The highest BCUT2D eigenvalue weighted by Crippen LogP contribution is 2.30. The number of halogens is 1. The second-order valence-electron chi connectivity index (χ2n) is 4.87. The van der Waals surface area contributed by atoms with Crippen LogP contribution in [0, 0.1) is 0 Å². The number of hydrogen-bond donors (Lipinski definition) is 1. The average molecular weight is 300 g/mol. The molecule has 0 bridgehead atoms. The summed E-state index contributed by atoms with van der Waals surface area (Å²) in [6, 6.07) is 0. The molecule has 1 N–H and O–H groups in total. The van der Waals surface area contributed by atoms with Crippen LogP contribution in [-0.2, 0) is 0 Å². The average Bonchev–Trinajstić information content (AvgIpc) is 2.26. The summed E-state index contributed by atoms with van der Waals surface area (Å²) in [5, 5.41) is 3.36. The highest BCUT2D eigenvalue weighted by atomic mass is 79.9. The lowest BCUT2D eigenvalue weighted by Gasteiger charge is -2.16. The molecule has 1 aromatic rings. The number of nitrogens with one attached hydrogen (secondary N) is 1. The summed E-state index contributed by atoms with van der Waals surface area (Å²) in [6.07, 6.45) is 1.09. The molecule has 1 heterocycles. The highest BCUT2D eigenvalue weighted by Gasteiger charge is 2.15. The van der Waals surface area contributed by atoms with E-state index in [9.17, 15) is 0 Å². The van der Waals surface area contributed by atoms with E-state index in [0.717, 1.165) is 34.8 Å². The zero-order valence-corrected chi connectivity index (χ0v) is 12.9. The maximum Gasteiger partial charge on any atom is 0.144 e. The molecule has 0 saturated carbocycles. The normalized spacial score (nSPS) is 11.3. The Morgan fingerprint density at radius 3 is 2.24 bits per heavy atom. The van der Waals surface area contributed by atoms with E-state index >= 15 is 0 Å². The molecule has 0 aromatic carbocycles. The summed E-state index contributed by atoms with van der Waals surface area (Å²) in [5.41, 5.74) is 1.09. The molecular formula is C13H22BrN3. The molecule has 0 aliphatic heterocycles. The van der Waals surface area contributed by atoms with E-state index in [0.29, 0.717) is 11.8 Å². The van der Waals surface area contributed by atoms with Gasteiger partial charge in [-0.3, -0.25) is 0 Å². The number of aromatic nitrogens is 2. The Bertz CT molecular complexity index is 375. The summed E-state index contributed by atoms with van der Waals surface area (Å²) in [4.78, 5) is 9.23. The monoisotopic (exact) mass is 299 g/mol. The van der Waals surface area contributed by atoms with E-state index in [-0.39, 0.29) is 0 Å². The fourth-order valence-corrected chi connectivity index (χ4v) is 2.26. The van der Waals surface area contributed by atoms with E-state index < -0.39 is 0 Å². The summed E-state index contributed by atoms with van der Waals surface area (Å²) >= 11 is 3.61. The second-order valence-corrected chi connectivity index (χ2v) is 5.66. The van der Waals surface area contributed by atoms with Crippen molar-refractivity contribution in [2.45, 2.75) is 52.9 Å². The lowest BCUT2D eigenvalue weighted by molar-refractivity contribution is 0.725. The van der Waals surface area contributed by atoms with Gasteiger partial charge in [0.2, 0.25) is 0 Å². The van der Waals surface area contributed by atoms with Crippen molar-refractivity contribution in [3.05, 3.63) is 16.0 Å². The maximum absolute atomic E-state index is 4.64. The van der Waals surface area contributed by atoms with Gasteiger partial charge in [-0.2, -0.15) is 0 Å². The van der Waals surface area contributed by atoms with Crippen molar-refractivity contribution in [3.8, 4) is 0 Å². The molecule has 0 unspecified atom stereocenters. The van der Waals surface area contributed by atoms with Crippen LogP contribution in [0.4, 0.5) is 5.82 Å². The maximum atomic E-state index is 4.64. The fraction of sp³-hybridized carbons (Fsp3) is 0.692. The van der Waals surface area contributed by atoms with Crippen LogP contribution in [0.5, 0.6) is 0 Å². The molecule has 96 valence electrons. The van der Waals surface area contributed by atoms with Gasteiger partial charge in [-0.05, 0) is 28.3 Å². The Morgan fingerprint density at radius 2 is 1.76 bits per heavy atom. The molecule has 0 amide bonds. The SMILES string of the molecule is CCCNc1nc(C(C)C)nc(C(C)C)c1Br. The third-order valence-corrected chi connectivity index (χ3v) is 3.28. The van der Waals surface area contributed by atoms with Gasteiger partial charge >= 0.3 is 0 Å². The van der Waals surface area contributed by atoms with E-state index in [1.54, 1.807) is 0 Å². The van der Waals surface area contributed by atoms with Crippen molar-refractivity contribution < 1.29 is 0 Å². The number of hydrogen-bond acceptors (Lipinski definition) is 3. The van der Waals surface area contributed by atoms with Crippen molar-refractivity contribution >= 4 is 21.7 Å². The molecule has 0 fully saturated rings. The minimum absolute atomic E-state index is 0.350. The third-order valence-electron chi connectivity index (χ3n) is 2.50. The largest absolute Gasteiger partial charge is 0.369 e. The van der Waals surface area contributed by atoms with Gasteiger partial charge in [0, 0.05) is 12.5 Å². The molecule has 0 radical (unpaired) electrons. The van der Waals surface area contributed by atoms with Crippen LogP contribution >= 0.6 is 15.9 Å². The number of rotatable bonds is 5. The first-order valence-corrected chi connectivity index (χ1v) is 7.07.